The van der Waals surface area contributed by atoms with Gasteiger partial charge in [0.25, 0.3) is 5.91 Å². The molecule has 1 aromatic carbocycles. The molecule has 0 aliphatic rings. The number of nitrogens with zero attached hydrogens (tertiary/aromatic N) is 3. The largest absolute Gasteiger partial charge is 0.490 e. The van der Waals surface area contributed by atoms with Gasteiger partial charge in [-0.3, -0.25) is 14.9 Å². The predicted octanol–water partition coefficient (Wildman–Crippen LogP) is 1.25. The van der Waals surface area contributed by atoms with E-state index in [0.29, 0.717) is 26.2 Å². The van der Waals surface area contributed by atoms with Crippen LogP contribution in [0.1, 0.15) is 10.4 Å². The quantitative estimate of drug-likeness (QED) is 0.502. The van der Waals surface area contributed by atoms with E-state index in [-0.39, 0.29) is 22.9 Å². The molecule has 1 aromatic rings. The number of ether oxygens (including phenoxy) is 2. The maximum Gasteiger partial charge on any atom is 0.311 e. The normalized spacial score (nSPS) is 10.7. The van der Waals surface area contributed by atoms with Gasteiger partial charge >= 0.3 is 5.69 Å². The van der Waals surface area contributed by atoms with Crippen LogP contribution < -0.4 is 4.74 Å². The first-order valence-corrected chi connectivity index (χ1v) is 7.16. The molecule has 0 atom stereocenters. The molecule has 0 saturated heterocycles. The number of hydrogen-bond donors (Lipinski definition) is 0. The van der Waals surface area contributed by atoms with Crippen LogP contribution in [-0.2, 0) is 4.74 Å². The molecule has 0 N–H and O–H groups in total. The highest BCUT2D eigenvalue weighted by atomic mass is 16.6. The summed E-state index contributed by atoms with van der Waals surface area (Å²) in [5.74, 6) is -0.141. The number of benzene rings is 1. The van der Waals surface area contributed by atoms with Crippen LogP contribution in [0.25, 0.3) is 0 Å². The van der Waals surface area contributed by atoms with Gasteiger partial charge in [0.2, 0.25) is 0 Å². The van der Waals surface area contributed by atoms with Crippen molar-refractivity contribution in [2.24, 2.45) is 0 Å². The number of methoxy groups -OCH3 is 2. The highest BCUT2D eigenvalue weighted by Gasteiger charge is 2.21. The fourth-order valence-corrected chi connectivity index (χ4v) is 1.99. The van der Waals surface area contributed by atoms with Crippen LogP contribution in [0.2, 0.25) is 0 Å². The predicted molar refractivity (Wildman–Crippen MR) is 86.0 cm³/mol. The molecule has 0 saturated carbocycles. The zero-order valence-corrected chi connectivity index (χ0v) is 13.9. The molecule has 0 bridgehead atoms. The van der Waals surface area contributed by atoms with Crippen molar-refractivity contribution in [3.8, 4) is 5.75 Å². The lowest BCUT2D eigenvalue weighted by Crippen LogP contribution is -2.38. The van der Waals surface area contributed by atoms with Crippen molar-refractivity contribution in [3.05, 3.63) is 33.9 Å². The van der Waals surface area contributed by atoms with Gasteiger partial charge in [0.15, 0.2) is 5.75 Å². The lowest BCUT2D eigenvalue weighted by atomic mass is 10.1. The van der Waals surface area contributed by atoms with Gasteiger partial charge in [-0.2, -0.15) is 0 Å². The highest BCUT2D eigenvalue weighted by Crippen LogP contribution is 2.28. The number of likely N-dealkylation sites (N-methyl/N-ethyl adjacent to an activating group) is 1. The van der Waals surface area contributed by atoms with Crippen LogP contribution in [-0.4, -0.2) is 75.2 Å². The molecule has 23 heavy (non-hydrogen) atoms. The second-order valence-electron chi connectivity index (χ2n) is 5.23. The van der Waals surface area contributed by atoms with E-state index in [9.17, 15) is 14.9 Å². The zero-order valence-electron chi connectivity index (χ0n) is 13.9. The monoisotopic (exact) mass is 325 g/mol. The Bertz CT molecular complexity index is 548. The Morgan fingerprint density at radius 2 is 1.91 bits per heavy atom. The van der Waals surface area contributed by atoms with E-state index in [1.165, 1.54) is 25.3 Å². The Balaban J connectivity index is 3.01. The van der Waals surface area contributed by atoms with Gasteiger partial charge in [-0.25, -0.2) is 0 Å². The number of nitro groups is 1. The van der Waals surface area contributed by atoms with Crippen molar-refractivity contribution in [1.82, 2.24) is 9.80 Å². The van der Waals surface area contributed by atoms with Gasteiger partial charge in [-0.05, 0) is 26.2 Å². The number of carbonyl (C=O) groups is 1. The zero-order chi connectivity index (χ0) is 17.4. The van der Waals surface area contributed by atoms with Crippen LogP contribution in [0.3, 0.4) is 0 Å². The molecule has 8 heteroatoms. The first-order chi connectivity index (χ1) is 10.9. The minimum Gasteiger partial charge on any atom is -0.490 e. The summed E-state index contributed by atoms with van der Waals surface area (Å²) in [6, 6.07) is 4.21. The summed E-state index contributed by atoms with van der Waals surface area (Å²) in [6.45, 7) is 2.02. The third-order valence-corrected chi connectivity index (χ3v) is 3.29. The lowest BCUT2D eigenvalue weighted by Gasteiger charge is -2.24. The Hall–Kier alpha value is -2.19. The molecule has 8 nitrogen and oxygen atoms in total. The molecule has 0 fully saturated rings. The molecular formula is C15H23N3O5. The van der Waals surface area contributed by atoms with E-state index >= 15 is 0 Å². The van der Waals surface area contributed by atoms with Crippen molar-refractivity contribution in [3.63, 3.8) is 0 Å². The second-order valence-corrected chi connectivity index (χ2v) is 5.23. The summed E-state index contributed by atoms with van der Waals surface area (Å²) >= 11 is 0. The fraction of sp³-hybridized carbons (Fsp3) is 0.533. The SMILES string of the molecule is COCCN(CCN(C)C)C(=O)c1ccc(OC)c([N+](=O)[O-])c1. The fourth-order valence-electron chi connectivity index (χ4n) is 1.99. The minimum atomic E-state index is -0.561. The highest BCUT2D eigenvalue weighted by molar-refractivity contribution is 5.95. The Morgan fingerprint density at radius 3 is 2.43 bits per heavy atom. The molecular weight excluding hydrogens is 302 g/mol. The number of amides is 1. The molecule has 0 heterocycles. The Labute approximate surface area is 135 Å². The summed E-state index contributed by atoms with van der Waals surface area (Å²) < 4.78 is 9.98. The van der Waals surface area contributed by atoms with E-state index in [1.807, 2.05) is 19.0 Å². The number of carbonyl (C=O) groups excluding carboxylic acids is 1. The van der Waals surface area contributed by atoms with Gasteiger partial charge in [-0.1, -0.05) is 0 Å². The Kier molecular flexibility index (Phi) is 7.43. The second kappa shape index (κ2) is 9.06. The summed E-state index contributed by atoms with van der Waals surface area (Å²) in [6.07, 6.45) is 0. The lowest BCUT2D eigenvalue weighted by molar-refractivity contribution is -0.385. The van der Waals surface area contributed by atoms with E-state index in [1.54, 1.807) is 12.0 Å². The van der Waals surface area contributed by atoms with Crippen molar-refractivity contribution in [2.45, 2.75) is 0 Å². The molecule has 0 aliphatic heterocycles. The van der Waals surface area contributed by atoms with Gasteiger partial charge in [0.05, 0.1) is 18.6 Å². The van der Waals surface area contributed by atoms with Crippen molar-refractivity contribution >= 4 is 11.6 Å². The van der Waals surface area contributed by atoms with Crippen molar-refractivity contribution in [2.75, 3.05) is 54.6 Å². The number of hydrogen-bond acceptors (Lipinski definition) is 6. The van der Waals surface area contributed by atoms with Crippen molar-refractivity contribution in [1.29, 1.82) is 0 Å². The van der Waals surface area contributed by atoms with Crippen molar-refractivity contribution < 1.29 is 19.2 Å². The first-order valence-electron chi connectivity index (χ1n) is 7.16. The maximum atomic E-state index is 12.6. The van der Waals surface area contributed by atoms with Crippen LogP contribution in [0.5, 0.6) is 5.75 Å². The topological polar surface area (TPSA) is 85.2 Å². The smallest absolute Gasteiger partial charge is 0.311 e. The molecule has 1 rings (SSSR count). The van der Waals surface area contributed by atoms with Gasteiger partial charge in [-0.15, -0.1) is 0 Å². The average Bonchev–Trinajstić information content (AvgIpc) is 2.53. The van der Waals surface area contributed by atoms with Crippen LogP contribution in [0.15, 0.2) is 18.2 Å². The molecule has 0 spiro atoms. The molecule has 0 aliphatic carbocycles. The summed E-state index contributed by atoms with van der Waals surface area (Å²) in [5.41, 5.74) is 0.0324. The summed E-state index contributed by atoms with van der Waals surface area (Å²) in [4.78, 5) is 26.7. The first kappa shape index (κ1) is 18.9. The van der Waals surface area contributed by atoms with Crippen LogP contribution in [0, 0.1) is 10.1 Å². The average molecular weight is 325 g/mol. The summed E-state index contributed by atoms with van der Waals surface area (Å²) in [5, 5.41) is 11.1. The molecule has 1 amide bonds. The molecule has 0 radical (unpaired) electrons. The van der Waals surface area contributed by atoms with E-state index in [2.05, 4.69) is 0 Å². The maximum absolute atomic E-state index is 12.6. The van der Waals surface area contributed by atoms with Gasteiger partial charge in [0.1, 0.15) is 0 Å². The van der Waals surface area contributed by atoms with Gasteiger partial charge < -0.3 is 19.3 Å². The minimum absolute atomic E-state index is 0.128. The summed E-state index contributed by atoms with van der Waals surface area (Å²) in [7, 11) is 6.74. The van der Waals surface area contributed by atoms with Crippen LogP contribution in [0.4, 0.5) is 5.69 Å². The van der Waals surface area contributed by atoms with E-state index in [0.717, 1.165) is 0 Å². The number of rotatable bonds is 9. The van der Waals surface area contributed by atoms with E-state index in [4.69, 9.17) is 9.47 Å². The molecule has 0 unspecified atom stereocenters. The number of nitro benzene ring substituents is 1. The van der Waals surface area contributed by atoms with Crippen LogP contribution >= 0.6 is 0 Å². The standard InChI is InChI=1S/C15H23N3O5/c1-16(2)7-8-17(9-10-22-3)15(19)12-5-6-14(23-4)13(11-12)18(20)21/h5-6,11H,7-10H2,1-4H3. The molecule has 0 aromatic heterocycles. The Morgan fingerprint density at radius 1 is 1.22 bits per heavy atom. The molecule has 128 valence electrons. The third kappa shape index (κ3) is 5.50. The third-order valence-electron chi connectivity index (χ3n) is 3.29. The van der Waals surface area contributed by atoms with Gasteiger partial charge in [0, 0.05) is 38.4 Å². The van der Waals surface area contributed by atoms with E-state index < -0.39 is 4.92 Å².